The van der Waals surface area contributed by atoms with Crippen molar-refractivity contribution in [2.45, 2.75) is 63.5 Å². The molecule has 0 radical (unpaired) electrons. The molecule has 1 unspecified atom stereocenters. The lowest BCUT2D eigenvalue weighted by atomic mass is 9.92. The zero-order valence-electron chi connectivity index (χ0n) is 12.1. The van der Waals surface area contributed by atoms with Crippen molar-refractivity contribution in [2.75, 3.05) is 6.61 Å². The maximum absolute atomic E-state index is 12.6. The average molecular weight is 277 g/mol. The number of H-pyrrole nitrogens is 1. The molecule has 2 aliphatic rings. The summed E-state index contributed by atoms with van der Waals surface area (Å²) in [6, 6.07) is 0.213. The number of nitrogens with one attached hydrogen (secondary N) is 2. The quantitative estimate of drug-likeness (QED) is 0.881. The highest BCUT2D eigenvalue weighted by Crippen LogP contribution is 2.34. The topological polar surface area (TPSA) is 67.0 Å². The second-order valence-corrected chi connectivity index (χ2v) is 5.92. The van der Waals surface area contributed by atoms with Gasteiger partial charge in [-0.2, -0.15) is 5.10 Å². The Morgan fingerprint density at radius 1 is 1.55 bits per heavy atom. The minimum atomic E-state index is -0.564. The van der Waals surface area contributed by atoms with E-state index in [0.717, 1.165) is 44.9 Å². The van der Waals surface area contributed by atoms with Gasteiger partial charge >= 0.3 is 0 Å². The van der Waals surface area contributed by atoms with Crippen molar-refractivity contribution < 1.29 is 9.53 Å². The third kappa shape index (κ3) is 2.46. The van der Waals surface area contributed by atoms with Gasteiger partial charge in [0.15, 0.2) is 0 Å². The third-order valence-electron chi connectivity index (χ3n) is 4.60. The van der Waals surface area contributed by atoms with E-state index >= 15 is 0 Å². The summed E-state index contributed by atoms with van der Waals surface area (Å²) >= 11 is 0. The summed E-state index contributed by atoms with van der Waals surface area (Å²) in [6.07, 6.45) is 8.58. The predicted octanol–water partition coefficient (Wildman–Crippen LogP) is 1.73. The van der Waals surface area contributed by atoms with Crippen LogP contribution in [0.3, 0.4) is 0 Å². The van der Waals surface area contributed by atoms with Crippen LogP contribution in [0.25, 0.3) is 0 Å². The van der Waals surface area contributed by atoms with Crippen molar-refractivity contribution in [1.29, 1.82) is 0 Å². The van der Waals surface area contributed by atoms with Crippen LogP contribution in [-0.2, 0) is 22.4 Å². The summed E-state index contributed by atoms with van der Waals surface area (Å²) in [5.41, 5.74) is 1.89. The molecule has 5 nitrogen and oxygen atoms in total. The van der Waals surface area contributed by atoms with Crippen LogP contribution in [-0.4, -0.2) is 34.4 Å². The van der Waals surface area contributed by atoms with E-state index in [4.69, 9.17) is 4.74 Å². The van der Waals surface area contributed by atoms with Crippen molar-refractivity contribution in [2.24, 2.45) is 0 Å². The van der Waals surface area contributed by atoms with Gasteiger partial charge in [-0.15, -0.1) is 0 Å². The van der Waals surface area contributed by atoms with E-state index in [1.807, 2.05) is 13.1 Å². The van der Waals surface area contributed by atoms with E-state index in [9.17, 15) is 4.79 Å². The zero-order chi connectivity index (χ0) is 14.0. The first-order valence-corrected chi connectivity index (χ1v) is 7.69. The highest BCUT2D eigenvalue weighted by molar-refractivity contribution is 5.85. The van der Waals surface area contributed by atoms with E-state index in [1.54, 1.807) is 0 Å². The molecule has 3 rings (SSSR count). The van der Waals surface area contributed by atoms with Gasteiger partial charge < -0.3 is 10.1 Å². The number of aromatic amines is 1. The van der Waals surface area contributed by atoms with Gasteiger partial charge in [0.2, 0.25) is 0 Å². The first kappa shape index (κ1) is 13.6. The molecule has 1 atom stereocenters. The Balaban J connectivity index is 1.64. The minimum Gasteiger partial charge on any atom is -0.365 e. The molecule has 2 aliphatic carbocycles. The summed E-state index contributed by atoms with van der Waals surface area (Å²) in [6.45, 7) is 2.57. The molecule has 0 spiro atoms. The van der Waals surface area contributed by atoms with E-state index in [0.29, 0.717) is 6.61 Å². The second kappa shape index (κ2) is 5.56. The Morgan fingerprint density at radius 2 is 2.35 bits per heavy atom. The lowest BCUT2D eigenvalue weighted by Crippen LogP contribution is -2.51. The fourth-order valence-corrected chi connectivity index (χ4v) is 3.52. The standard InChI is InChI=1S/C15H23N3O2/c1-2-20-15(7-3-4-8-15)14(19)17-12-5-6-13-11(9-12)10-16-18-13/h10,12H,2-9H2,1H3,(H,16,18)(H,17,19). The van der Waals surface area contributed by atoms with Crippen molar-refractivity contribution in [3.8, 4) is 0 Å². The van der Waals surface area contributed by atoms with Crippen molar-refractivity contribution in [3.63, 3.8) is 0 Å². The summed E-state index contributed by atoms with van der Waals surface area (Å²) in [5, 5.41) is 10.3. The number of carbonyl (C=O) groups excluding carboxylic acids is 1. The van der Waals surface area contributed by atoms with Gasteiger partial charge in [0.25, 0.3) is 5.91 Å². The molecule has 20 heavy (non-hydrogen) atoms. The molecule has 1 aromatic heterocycles. The minimum absolute atomic E-state index is 0.0915. The number of nitrogens with zero attached hydrogens (tertiary/aromatic N) is 1. The van der Waals surface area contributed by atoms with E-state index in [1.165, 1.54) is 11.3 Å². The number of fused-ring (bicyclic) bond motifs is 1. The largest absolute Gasteiger partial charge is 0.365 e. The van der Waals surface area contributed by atoms with Crippen LogP contribution in [0.5, 0.6) is 0 Å². The number of aryl methyl sites for hydroxylation is 1. The SMILES string of the molecule is CCOC1(C(=O)NC2CCc3[nH]ncc3C2)CCCC1. The first-order chi connectivity index (χ1) is 9.73. The molecule has 1 saturated carbocycles. The van der Waals surface area contributed by atoms with Gasteiger partial charge in [-0.1, -0.05) is 0 Å². The molecule has 1 amide bonds. The fourth-order valence-electron chi connectivity index (χ4n) is 3.52. The van der Waals surface area contributed by atoms with Gasteiger partial charge in [0, 0.05) is 18.3 Å². The predicted molar refractivity (Wildman–Crippen MR) is 75.4 cm³/mol. The van der Waals surface area contributed by atoms with E-state index in [-0.39, 0.29) is 11.9 Å². The molecule has 0 aromatic carbocycles. The Labute approximate surface area is 119 Å². The molecule has 1 heterocycles. The summed E-state index contributed by atoms with van der Waals surface area (Å²) in [7, 11) is 0. The van der Waals surface area contributed by atoms with Crippen molar-refractivity contribution in [1.82, 2.24) is 15.5 Å². The highest BCUT2D eigenvalue weighted by atomic mass is 16.5. The molecule has 0 bridgehead atoms. The zero-order valence-corrected chi connectivity index (χ0v) is 12.1. The number of hydrogen-bond acceptors (Lipinski definition) is 3. The number of aromatic nitrogens is 2. The Hall–Kier alpha value is -1.36. The molecule has 1 fully saturated rings. The molecule has 2 N–H and O–H groups in total. The summed E-state index contributed by atoms with van der Waals surface area (Å²) in [5.74, 6) is 0.0915. The van der Waals surface area contributed by atoms with Gasteiger partial charge in [0.05, 0.1) is 6.20 Å². The summed E-state index contributed by atoms with van der Waals surface area (Å²) < 4.78 is 5.82. The number of amides is 1. The van der Waals surface area contributed by atoms with E-state index in [2.05, 4.69) is 15.5 Å². The Bertz CT molecular complexity index is 477. The third-order valence-corrected chi connectivity index (χ3v) is 4.60. The lowest BCUT2D eigenvalue weighted by Gasteiger charge is -2.31. The molecular formula is C15H23N3O2. The van der Waals surface area contributed by atoms with Crippen molar-refractivity contribution >= 4 is 5.91 Å². The van der Waals surface area contributed by atoms with E-state index < -0.39 is 5.60 Å². The maximum Gasteiger partial charge on any atom is 0.252 e. The molecular weight excluding hydrogens is 254 g/mol. The molecule has 0 aliphatic heterocycles. The highest BCUT2D eigenvalue weighted by Gasteiger charge is 2.42. The van der Waals surface area contributed by atoms with Crippen LogP contribution in [0.2, 0.25) is 0 Å². The lowest BCUT2D eigenvalue weighted by molar-refractivity contribution is -0.146. The van der Waals surface area contributed by atoms with Crippen LogP contribution < -0.4 is 5.32 Å². The van der Waals surface area contributed by atoms with Crippen LogP contribution in [0.1, 0.15) is 50.3 Å². The fraction of sp³-hybridized carbons (Fsp3) is 0.733. The average Bonchev–Trinajstić information content (AvgIpc) is 3.08. The van der Waals surface area contributed by atoms with Gasteiger partial charge in [-0.3, -0.25) is 9.89 Å². The number of ether oxygens (including phenoxy) is 1. The molecule has 0 saturated heterocycles. The van der Waals surface area contributed by atoms with Crippen LogP contribution in [0.15, 0.2) is 6.20 Å². The van der Waals surface area contributed by atoms with Gasteiger partial charge in [-0.05, 0) is 57.4 Å². The molecule has 5 heteroatoms. The molecule has 1 aromatic rings. The number of carbonyl (C=O) groups is 1. The molecule has 110 valence electrons. The van der Waals surface area contributed by atoms with Gasteiger partial charge in [-0.25, -0.2) is 0 Å². The number of rotatable bonds is 4. The Kier molecular flexibility index (Phi) is 3.78. The summed E-state index contributed by atoms with van der Waals surface area (Å²) in [4.78, 5) is 12.6. The van der Waals surface area contributed by atoms with Crippen molar-refractivity contribution in [3.05, 3.63) is 17.5 Å². The van der Waals surface area contributed by atoms with Crippen LogP contribution in [0.4, 0.5) is 0 Å². The smallest absolute Gasteiger partial charge is 0.252 e. The van der Waals surface area contributed by atoms with Gasteiger partial charge in [0.1, 0.15) is 5.60 Å². The maximum atomic E-state index is 12.6. The second-order valence-electron chi connectivity index (χ2n) is 5.92. The monoisotopic (exact) mass is 277 g/mol. The van der Waals surface area contributed by atoms with Crippen LogP contribution >= 0.6 is 0 Å². The first-order valence-electron chi connectivity index (χ1n) is 7.69. The normalized spacial score (nSPS) is 24.4. The number of hydrogen-bond donors (Lipinski definition) is 2. The van der Waals surface area contributed by atoms with Crippen LogP contribution in [0, 0.1) is 0 Å². The Morgan fingerprint density at radius 3 is 3.10 bits per heavy atom.